The topological polar surface area (TPSA) is 175 Å². The molecule has 1 aliphatic heterocycles. The molecule has 5 rings (SSSR count). The Morgan fingerprint density at radius 1 is 1.10 bits per heavy atom. The molecule has 2 atom stereocenters. The first-order valence-electron chi connectivity index (χ1n) is 12.1. The van der Waals surface area contributed by atoms with Gasteiger partial charge in [-0.05, 0) is 31.0 Å². The number of hydrogen-bond acceptors (Lipinski definition) is 11. The van der Waals surface area contributed by atoms with Crippen LogP contribution >= 0.6 is 0 Å². The number of nitrogen functional groups attached to an aromatic ring is 1. The van der Waals surface area contributed by atoms with Gasteiger partial charge >= 0.3 is 0 Å². The number of alkyl halides is 2. The standard InChI is InChI=1S/C24H24F4N8O4S/c1-40-19-13(25)5-12(6-14(19)26)15-7-17(41(38,39)18-9-34-36-22(18)32-11-33-23(36)29)16(8-31-15)35-4-2-3-24(30,10-35)20(37)21(27)28/h5-9,11,20-21,37H,2-4,10,30H2,1H3,(H2,29,32,33)/t20-,24-/m1/s1. The average molecular weight is 597 g/mol. The van der Waals surface area contributed by atoms with Crippen LogP contribution in [0.15, 0.2) is 46.7 Å². The van der Waals surface area contributed by atoms with Crippen molar-refractivity contribution in [1.29, 1.82) is 0 Å². The molecule has 1 fully saturated rings. The van der Waals surface area contributed by atoms with Gasteiger partial charge in [-0.3, -0.25) is 4.98 Å². The molecule has 1 aliphatic rings. The summed E-state index contributed by atoms with van der Waals surface area (Å²) in [5.74, 6) is -2.86. The number of aliphatic hydroxyl groups excluding tert-OH is 1. The second-order valence-electron chi connectivity index (χ2n) is 9.53. The average Bonchev–Trinajstić information content (AvgIpc) is 3.38. The number of fused-ring (bicyclic) bond motifs is 1. The highest BCUT2D eigenvalue weighted by Crippen LogP contribution is 2.38. The van der Waals surface area contributed by atoms with Gasteiger partial charge in [-0.25, -0.2) is 35.9 Å². The number of halogens is 4. The summed E-state index contributed by atoms with van der Waals surface area (Å²) in [6.45, 7) is -0.147. The van der Waals surface area contributed by atoms with Gasteiger partial charge in [0.15, 0.2) is 23.0 Å². The van der Waals surface area contributed by atoms with Gasteiger partial charge in [0.05, 0.1) is 41.3 Å². The molecule has 5 N–H and O–H groups in total. The van der Waals surface area contributed by atoms with E-state index in [-0.39, 0.29) is 59.4 Å². The quantitative estimate of drug-likeness (QED) is 0.265. The SMILES string of the molecule is COc1c(F)cc(-c2cc(S(=O)(=O)c3cnn4c(N)ncnc34)c(N3CCC[C@](N)([C@H](O)C(F)F)C3)cn2)cc1F. The highest BCUT2D eigenvalue weighted by atomic mass is 32.2. The fourth-order valence-electron chi connectivity index (χ4n) is 4.87. The van der Waals surface area contributed by atoms with E-state index in [1.807, 2.05) is 0 Å². The van der Waals surface area contributed by atoms with E-state index >= 15 is 0 Å². The molecular weight excluding hydrogens is 572 g/mol. The Morgan fingerprint density at radius 3 is 2.46 bits per heavy atom. The van der Waals surface area contributed by atoms with Crippen molar-refractivity contribution in [2.24, 2.45) is 5.73 Å². The number of pyridine rings is 1. The molecule has 0 bridgehead atoms. The van der Waals surface area contributed by atoms with E-state index in [1.165, 1.54) is 4.90 Å². The molecule has 17 heteroatoms. The van der Waals surface area contributed by atoms with E-state index in [9.17, 15) is 31.1 Å². The maximum Gasteiger partial charge on any atom is 0.265 e. The third-order valence-electron chi connectivity index (χ3n) is 6.95. The fraction of sp³-hybridized carbons (Fsp3) is 0.333. The van der Waals surface area contributed by atoms with E-state index in [2.05, 4.69) is 20.1 Å². The van der Waals surface area contributed by atoms with Gasteiger partial charge in [-0.1, -0.05) is 0 Å². The Morgan fingerprint density at radius 2 is 1.80 bits per heavy atom. The third-order valence-corrected chi connectivity index (χ3v) is 8.72. The predicted octanol–water partition coefficient (Wildman–Crippen LogP) is 1.81. The Labute approximate surface area is 230 Å². The number of nitrogens with zero attached hydrogens (tertiary/aromatic N) is 6. The summed E-state index contributed by atoms with van der Waals surface area (Å²) in [5.41, 5.74) is 9.79. The molecule has 0 radical (unpaired) electrons. The van der Waals surface area contributed by atoms with Crippen LogP contribution in [-0.2, 0) is 9.84 Å². The van der Waals surface area contributed by atoms with Gasteiger partial charge in [-0.2, -0.15) is 9.61 Å². The van der Waals surface area contributed by atoms with Crippen LogP contribution in [0.1, 0.15) is 12.8 Å². The number of piperidine rings is 1. The zero-order valence-electron chi connectivity index (χ0n) is 21.4. The zero-order valence-corrected chi connectivity index (χ0v) is 22.2. The van der Waals surface area contributed by atoms with Crippen molar-refractivity contribution in [3.05, 3.63) is 48.6 Å². The van der Waals surface area contributed by atoms with Crippen LogP contribution in [0.4, 0.5) is 29.2 Å². The molecule has 0 aliphatic carbocycles. The normalized spacial score (nSPS) is 18.7. The summed E-state index contributed by atoms with van der Waals surface area (Å²) in [6.07, 6.45) is -1.82. The number of nitrogens with two attached hydrogens (primary N) is 2. The number of rotatable bonds is 7. The van der Waals surface area contributed by atoms with Crippen molar-refractivity contribution >= 4 is 27.1 Å². The summed E-state index contributed by atoms with van der Waals surface area (Å²) in [7, 11) is -3.44. The van der Waals surface area contributed by atoms with Crippen molar-refractivity contribution in [2.45, 2.75) is 40.7 Å². The van der Waals surface area contributed by atoms with Gasteiger partial charge in [0.2, 0.25) is 15.8 Å². The molecular formula is C24H24F4N8O4S. The van der Waals surface area contributed by atoms with E-state index in [4.69, 9.17) is 16.2 Å². The van der Waals surface area contributed by atoms with E-state index in [1.54, 1.807) is 0 Å². The Kier molecular flexibility index (Phi) is 7.20. The molecule has 1 saturated heterocycles. The third kappa shape index (κ3) is 4.89. The van der Waals surface area contributed by atoms with Crippen molar-refractivity contribution in [3.8, 4) is 17.0 Å². The lowest BCUT2D eigenvalue weighted by Gasteiger charge is -2.44. The molecule has 218 valence electrons. The van der Waals surface area contributed by atoms with Gasteiger partial charge in [0.25, 0.3) is 6.43 Å². The number of aromatic nitrogens is 5. The number of methoxy groups -OCH3 is 1. The molecule has 41 heavy (non-hydrogen) atoms. The van der Waals surface area contributed by atoms with E-state index < -0.39 is 50.2 Å². The largest absolute Gasteiger partial charge is 0.491 e. The maximum atomic E-state index is 14.5. The highest BCUT2D eigenvalue weighted by Gasteiger charge is 2.44. The molecule has 3 aromatic heterocycles. The Hall–Kier alpha value is -4.09. The first kappa shape index (κ1) is 28.4. The summed E-state index contributed by atoms with van der Waals surface area (Å²) in [6, 6.07) is 2.94. The molecule has 4 heterocycles. The smallest absolute Gasteiger partial charge is 0.265 e. The lowest BCUT2D eigenvalue weighted by Crippen LogP contribution is -2.63. The molecule has 1 aromatic carbocycles. The molecule has 0 spiro atoms. The minimum Gasteiger partial charge on any atom is -0.491 e. The number of aliphatic hydroxyl groups is 1. The van der Waals surface area contributed by atoms with Gasteiger partial charge in [-0.15, -0.1) is 0 Å². The summed E-state index contributed by atoms with van der Waals surface area (Å²) < 4.78 is 89.8. The van der Waals surface area contributed by atoms with Crippen LogP contribution in [0.5, 0.6) is 5.75 Å². The monoisotopic (exact) mass is 596 g/mol. The Balaban J connectivity index is 1.70. The summed E-state index contributed by atoms with van der Waals surface area (Å²) in [4.78, 5) is 12.6. The van der Waals surface area contributed by atoms with Crippen molar-refractivity contribution in [3.63, 3.8) is 0 Å². The number of sulfone groups is 1. The number of benzene rings is 1. The highest BCUT2D eigenvalue weighted by molar-refractivity contribution is 7.91. The second-order valence-corrected chi connectivity index (χ2v) is 11.4. The number of ether oxygens (including phenoxy) is 1. The minimum atomic E-state index is -4.53. The molecule has 0 saturated carbocycles. The van der Waals surface area contributed by atoms with E-state index in [0.29, 0.717) is 0 Å². The van der Waals surface area contributed by atoms with Gasteiger partial charge < -0.3 is 26.2 Å². The van der Waals surface area contributed by atoms with Crippen LogP contribution < -0.4 is 21.1 Å². The van der Waals surface area contributed by atoms with Crippen LogP contribution in [0, 0.1) is 11.6 Å². The first-order chi connectivity index (χ1) is 19.4. The van der Waals surface area contributed by atoms with Gasteiger partial charge in [0, 0.05) is 18.7 Å². The van der Waals surface area contributed by atoms with Crippen LogP contribution in [0.3, 0.4) is 0 Å². The zero-order chi connectivity index (χ0) is 29.7. The van der Waals surface area contributed by atoms with E-state index in [0.717, 1.165) is 48.5 Å². The summed E-state index contributed by atoms with van der Waals surface area (Å²) >= 11 is 0. The van der Waals surface area contributed by atoms with Crippen LogP contribution in [-0.4, -0.2) is 76.4 Å². The lowest BCUT2D eigenvalue weighted by atomic mass is 9.84. The minimum absolute atomic E-state index is 0.0411. The Bertz CT molecular complexity index is 1720. The lowest BCUT2D eigenvalue weighted by molar-refractivity contribution is -0.0529. The van der Waals surface area contributed by atoms with Crippen molar-refractivity contribution < 1.29 is 35.8 Å². The molecule has 0 unspecified atom stereocenters. The van der Waals surface area contributed by atoms with Crippen molar-refractivity contribution in [1.82, 2.24) is 24.6 Å². The van der Waals surface area contributed by atoms with Crippen LogP contribution in [0.25, 0.3) is 16.9 Å². The predicted molar refractivity (Wildman–Crippen MR) is 137 cm³/mol. The van der Waals surface area contributed by atoms with Gasteiger partial charge in [0.1, 0.15) is 17.3 Å². The van der Waals surface area contributed by atoms with Crippen molar-refractivity contribution in [2.75, 3.05) is 30.8 Å². The molecule has 0 amide bonds. The second kappa shape index (κ2) is 10.4. The maximum absolute atomic E-state index is 14.5. The van der Waals surface area contributed by atoms with Crippen LogP contribution in [0.2, 0.25) is 0 Å². The number of hydrogen-bond donors (Lipinski definition) is 3. The molecule has 4 aromatic rings. The molecule has 12 nitrogen and oxygen atoms in total. The summed E-state index contributed by atoms with van der Waals surface area (Å²) in [5, 5.41) is 14.1. The fourth-order valence-corrected chi connectivity index (χ4v) is 6.40. The first-order valence-corrected chi connectivity index (χ1v) is 13.6. The number of anilines is 2.